The van der Waals surface area contributed by atoms with Gasteiger partial charge < -0.3 is 10.2 Å². The molecular formula is C30H35Cl2N3O4S. The van der Waals surface area contributed by atoms with Crippen LogP contribution in [0, 0.1) is 13.8 Å². The Hall–Kier alpha value is -3.07. The molecule has 3 aromatic carbocycles. The zero-order valence-corrected chi connectivity index (χ0v) is 25.6. The van der Waals surface area contributed by atoms with Crippen LogP contribution in [0.5, 0.6) is 0 Å². The SMILES string of the molecule is CC[C@@H](C(=O)NC(C)C)N(Cc1c(Cl)cccc1Cl)C(=O)CN(c1cc(C)cc(C)c1)S(=O)(=O)c1ccccc1. The molecule has 0 aliphatic rings. The lowest BCUT2D eigenvalue weighted by atomic mass is 10.1. The predicted octanol–water partition coefficient (Wildman–Crippen LogP) is 6.14. The maximum Gasteiger partial charge on any atom is 0.264 e. The monoisotopic (exact) mass is 603 g/mol. The third-order valence-electron chi connectivity index (χ3n) is 6.31. The third-order valence-corrected chi connectivity index (χ3v) is 8.81. The molecule has 1 N–H and O–H groups in total. The van der Waals surface area contributed by atoms with Crippen LogP contribution in [0.15, 0.2) is 71.6 Å². The van der Waals surface area contributed by atoms with Crippen molar-refractivity contribution >= 4 is 50.7 Å². The van der Waals surface area contributed by atoms with Gasteiger partial charge in [-0.1, -0.05) is 60.5 Å². The number of sulfonamides is 1. The number of hydrogen-bond acceptors (Lipinski definition) is 4. The highest BCUT2D eigenvalue weighted by molar-refractivity contribution is 7.92. The highest BCUT2D eigenvalue weighted by Crippen LogP contribution is 2.29. The van der Waals surface area contributed by atoms with Crippen molar-refractivity contribution < 1.29 is 18.0 Å². The van der Waals surface area contributed by atoms with Crippen molar-refractivity contribution in [3.63, 3.8) is 0 Å². The molecule has 0 unspecified atom stereocenters. The molecule has 40 heavy (non-hydrogen) atoms. The van der Waals surface area contributed by atoms with Crippen LogP contribution in [0.3, 0.4) is 0 Å². The van der Waals surface area contributed by atoms with Crippen molar-refractivity contribution in [1.82, 2.24) is 10.2 Å². The zero-order valence-electron chi connectivity index (χ0n) is 23.3. The first-order valence-electron chi connectivity index (χ1n) is 13.0. The van der Waals surface area contributed by atoms with E-state index in [2.05, 4.69) is 5.32 Å². The maximum atomic E-state index is 14.1. The number of amides is 2. The standard InChI is InChI=1S/C30H35Cl2N3O4S/c1-6-28(30(37)33-20(2)3)34(18-25-26(31)13-10-14-27(25)32)29(36)19-35(23-16-21(4)15-22(5)17-23)40(38,39)24-11-8-7-9-12-24/h7-17,20,28H,6,18-19H2,1-5H3,(H,33,37)/t28-/m0/s1. The van der Waals surface area contributed by atoms with Gasteiger partial charge in [0.2, 0.25) is 11.8 Å². The Labute approximate surface area is 247 Å². The first kappa shape index (κ1) is 31.5. The zero-order chi connectivity index (χ0) is 29.6. The molecule has 0 aromatic heterocycles. The number of carbonyl (C=O) groups is 2. The summed E-state index contributed by atoms with van der Waals surface area (Å²) in [4.78, 5) is 28.8. The van der Waals surface area contributed by atoms with E-state index in [1.165, 1.54) is 17.0 Å². The molecule has 3 rings (SSSR count). The highest BCUT2D eigenvalue weighted by atomic mass is 35.5. The lowest BCUT2D eigenvalue weighted by Crippen LogP contribution is -2.53. The second-order valence-corrected chi connectivity index (χ2v) is 12.7. The minimum absolute atomic E-state index is 0.0484. The Bertz CT molecular complexity index is 1420. The molecule has 0 bridgehead atoms. The largest absolute Gasteiger partial charge is 0.352 e. The number of benzene rings is 3. The summed E-state index contributed by atoms with van der Waals surface area (Å²) in [6, 6.07) is 17.3. The van der Waals surface area contributed by atoms with Crippen molar-refractivity contribution in [2.24, 2.45) is 0 Å². The van der Waals surface area contributed by atoms with Crippen LogP contribution in [-0.4, -0.2) is 43.8 Å². The van der Waals surface area contributed by atoms with Gasteiger partial charge in [-0.2, -0.15) is 0 Å². The molecule has 3 aromatic rings. The fourth-order valence-corrected chi connectivity index (χ4v) is 6.43. The van der Waals surface area contributed by atoms with Crippen molar-refractivity contribution in [1.29, 1.82) is 0 Å². The van der Waals surface area contributed by atoms with Gasteiger partial charge in [0.05, 0.1) is 10.6 Å². The van der Waals surface area contributed by atoms with Crippen LogP contribution in [-0.2, 0) is 26.2 Å². The number of nitrogens with zero attached hydrogens (tertiary/aromatic N) is 2. The Balaban J connectivity index is 2.13. The summed E-state index contributed by atoms with van der Waals surface area (Å²) in [5.74, 6) is -0.918. The fourth-order valence-electron chi connectivity index (χ4n) is 4.50. The average Bonchev–Trinajstić information content (AvgIpc) is 2.88. The first-order valence-corrected chi connectivity index (χ1v) is 15.2. The van der Waals surface area contributed by atoms with Gasteiger partial charge in [0.15, 0.2) is 0 Å². The van der Waals surface area contributed by atoms with E-state index in [0.29, 0.717) is 27.7 Å². The number of halogens is 2. The molecule has 0 saturated heterocycles. The van der Waals surface area contributed by atoms with Crippen LogP contribution in [0.1, 0.15) is 43.9 Å². The quantitative estimate of drug-likeness (QED) is 0.285. The molecular weight excluding hydrogens is 569 g/mol. The van der Waals surface area contributed by atoms with E-state index in [1.807, 2.05) is 33.8 Å². The summed E-state index contributed by atoms with van der Waals surface area (Å²) in [6.07, 6.45) is 0.293. The first-order chi connectivity index (χ1) is 18.8. The van der Waals surface area contributed by atoms with E-state index in [-0.39, 0.29) is 23.4 Å². The minimum Gasteiger partial charge on any atom is -0.352 e. The van der Waals surface area contributed by atoms with Gasteiger partial charge in [0.25, 0.3) is 10.0 Å². The average molecular weight is 605 g/mol. The summed E-state index contributed by atoms with van der Waals surface area (Å²) >= 11 is 12.9. The van der Waals surface area contributed by atoms with E-state index in [9.17, 15) is 18.0 Å². The lowest BCUT2D eigenvalue weighted by molar-refractivity contribution is -0.140. The van der Waals surface area contributed by atoms with E-state index in [1.54, 1.807) is 55.5 Å². The molecule has 0 aliphatic heterocycles. The predicted molar refractivity (Wildman–Crippen MR) is 161 cm³/mol. The van der Waals surface area contributed by atoms with Gasteiger partial charge in [-0.05, 0) is 81.6 Å². The molecule has 214 valence electrons. The van der Waals surface area contributed by atoms with E-state index in [4.69, 9.17) is 23.2 Å². The number of rotatable bonds is 11. The Kier molecular flexibility index (Phi) is 10.6. The summed E-state index contributed by atoms with van der Waals surface area (Å²) < 4.78 is 29.0. The van der Waals surface area contributed by atoms with Gasteiger partial charge in [-0.25, -0.2) is 8.42 Å². The van der Waals surface area contributed by atoms with E-state index < -0.39 is 28.5 Å². The van der Waals surface area contributed by atoms with Gasteiger partial charge in [0.1, 0.15) is 12.6 Å². The Morgan fingerprint density at radius 2 is 1.48 bits per heavy atom. The number of anilines is 1. The molecule has 0 spiro atoms. The van der Waals surface area contributed by atoms with Crippen LogP contribution >= 0.6 is 23.2 Å². The van der Waals surface area contributed by atoms with Crippen LogP contribution < -0.4 is 9.62 Å². The van der Waals surface area contributed by atoms with E-state index in [0.717, 1.165) is 15.4 Å². The van der Waals surface area contributed by atoms with Crippen molar-refractivity contribution in [2.75, 3.05) is 10.8 Å². The van der Waals surface area contributed by atoms with Crippen molar-refractivity contribution in [3.8, 4) is 0 Å². The van der Waals surface area contributed by atoms with Gasteiger partial charge in [0, 0.05) is 28.2 Å². The molecule has 2 amide bonds. The summed E-state index contributed by atoms with van der Waals surface area (Å²) in [5, 5.41) is 3.55. The highest BCUT2D eigenvalue weighted by Gasteiger charge is 2.34. The molecule has 0 radical (unpaired) electrons. The van der Waals surface area contributed by atoms with Crippen LogP contribution in [0.4, 0.5) is 5.69 Å². The van der Waals surface area contributed by atoms with E-state index >= 15 is 0 Å². The molecule has 10 heteroatoms. The number of aryl methyl sites for hydroxylation is 2. The van der Waals surface area contributed by atoms with Crippen molar-refractivity contribution in [2.45, 2.75) is 64.6 Å². The van der Waals surface area contributed by atoms with Gasteiger partial charge in [-0.3, -0.25) is 13.9 Å². The number of carbonyl (C=O) groups excluding carboxylic acids is 2. The third kappa shape index (κ3) is 7.56. The van der Waals surface area contributed by atoms with Crippen LogP contribution in [0.2, 0.25) is 10.0 Å². The molecule has 7 nitrogen and oxygen atoms in total. The molecule has 0 aliphatic carbocycles. The molecule has 0 fully saturated rings. The lowest BCUT2D eigenvalue weighted by Gasteiger charge is -2.34. The number of nitrogens with one attached hydrogen (secondary N) is 1. The second-order valence-electron chi connectivity index (χ2n) is 9.98. The Morgan fingerprint density at radius 1 is 0.900 bits per heavy atom. The molecule has 1 atom stereocenters. The Morgan fingerprint density at radius 3 is 2.00 bits per heavy atom. The normalized spacial score (nSPS) is 12.2. The summed E-state index contributed by atoms with van der Waals surface area (Å²) in [6.45, 7) is 8.57. The molecule has 0 saturated carbocycles. The maximum absolute atomic E-state index is 14.1. The van der Waals surface area contributed by atoms with Gasteiger partial charge >= 0.3 is 0 Å². The number of hydrogen-bond donors (Lipinski definition) is 1. The topological polar surface area (TPSA) is 86.8 Å². The van der Waals surface area contributed by atoms with Crippen molar-refractivity contribution in [3.05, 3.63) is 93.5 Å². The molecule has 0 heterocycles. The fraction of sp³-hybridized carbons (Fsp3) is 0.333. The smallest absolute Gasteiger partial charge is 0.264 e. The second kappa shape index (κ2) is 13.5. The summed E-state index contributed by atoms with van der Waals surface area (Å²) in [5.41, 5.74) is 2.51. The minimum atomic E-state index is -4.14. The van der Waals surface area contributed by atoms with Gasteiger partial charge in [-0.15, -0.1) is 0 Å². The van der Waals surface area contributed by atoms with Crippen LogP contribution in [0.25, 0.3) is 0 Å². The summed E-state index contributed by atoms with van der Waals surface area (Å²) in [7, 11) is -4.14.